The minimum absolute atomic E-state index is 0.199. The Hall–Kier alpha value is -3.22. The largest absolute Gasteiger partial charge is 0.426 e. The second kappa shape index (κ2) is 9.07. The molecule has 6 nitrogen and oxygen atoms in total. The van der Waals surface area contributed by atoms with Crippen LogP contribution >= 0.6 is 0 Å². The summed E-state index contributed by atoms with van der Waals surface area (Å²) in [5, 5.41) is 6.54. The molecule has 30 heavy (non-hydrogen) atoms. The SMILES string of the molecule is CCNc1nc(-c2ccc(F)cc2)c(C2CC=NC(NC(C)C3C=CC=CC3)=N2)o1. The highest BCUT2D eigenvalue weighted by Gasteiger charge is 2.26. The van der Waals surface area contributed by atoms with Crippen LogP contribution in [0.3, 0.4) is 0 Å². The van der Waals surface area contributed by atoms with E-state index in [4.69, 9.17) is 9.41 Å². The van der Waals surface area contributed by atoms with Gasteiger partial charge in [-0.3, -0.25) is 0 Å². The number of guanidine groups is 1. The van der Waals surface area contributed by atoms with Crippen molar-refractivity contribution in [2.45, 2.75) is 38.8 Å². The fourth-order valence-corrected chi connectivity index (χ4v) is 3.59. The predicted molar refractivity (Wildman–Crippen MR) is 118 cm³/mol. The first-order valence-electron chi connectivity index (χ1n) is 10.3. The van der Waals surface area contributed by atoms with Crippen molar-refractivity contribution in [3.63, 3.8) is 0 Å². The molecular weight excluding hydrogens is 381 g/mol. The molecule has 1 aromatic heterocycles. The number of nitrogens with zero attached hydrogens (tertiary/aromatic N) is 3. The highest BCUT2D eigenvalue weighted by molar-refractivity contribution is 5.90. The number of benzene rings is 1. The Kier molecular flexibility index (Phi) is 6.07. The van der Waals surface area contributed by atoms with Gasteiger partial charge in [0.2, 0.25) is 5.96 Å². The number of hydrogen-bond acceptors (Lipinski definition) is 6. The Balaban J connectivity index is 1.59. The van der Waals surface area contributed by atoms with Crippen molar-refractivity contribution in [3.05, 3.63) is 60.1 Å². The maximum absolute atomic E-state index is 13.4. The van der Waals surface area contributed by atoms with Crippen molar-refractivity contribution in [1.82, 2.24) is 10.3 Å². The van der Waals surface area contributed by atoms with E-state index >= 15 is 0 Å². The van der Waals surface area contributed by atoms with Crippen molar-refractivity contribution >= 4 is 18.2 Å². The molecule has 0 amide bonds. The lowest BCUT2D eigenvalue weighted by atomic mass is 9.94. The van der Waals surface area contributed by atoms with E-state index in [9.17, 15) is 4.39 Å². The Labute approximate surface area is 175 Å². The van der Waals surface area contributed by atoms with Gasteiger partial charge in [-0.2, -0.15) is 4.98 Å². The molecule has 2 aromatic rings. The van der Waals surface area contributed by atoms with Crippen LogP contribution < -0.4 is 10.6 Å². The number of hydrogen-bond donors (Lipinski definition) is 2. The Morgan fingerprint density at radius 1 is 1.20 bits per heavy atom. The normalized spacial score (nSPS) is 21.4. The second-order valence-electron chi connectivity index (χ2n) is 7.43. The van der Waals surface area contributed by atoms with Gasteiger partial charge < -0.3 is 15.1 Å². The second-order valence-corrected chi connectivity index (χ2v) is 7.43. The highest BCUT2D eigenvalue weighted by Crippen LogP contribution is 2.35. The number of allylic oxidation sites excluding steroid dienone is 3. The molecule has 4 rings (SSSR count). The minimum Gasteiger partial charge on any atom is -0.426 e. The van der Waals surface area contributed by atoms with Gasteiger partial charge in [0.1, 0.15) is 17.6 Å². The van der Waals surface area contributed by atoms with Gasteiger partial charge in [0.15, 0.2) is 5.76 Å². The average molecular weight is 407 g/mol. The topological polar surface area (TPSA) is 74.8 Å². The van der Waals surface area contributed by atoms with E-state index in [2.05, 4.69) is 51.8 Å². The summed E-state index contributed by atoms with van der Waals surface area (Å²) < 4.78 is 19.4. The van der Waals surface area contributed by atoms with Crippen molar-refractivity contribution < 1.29 is 8.81 Å². The third-order valence-corrected chi connectivity index (χ3v) is 5.23. The summed E-state index contributed by atoms with van der Waals surface area (Å²) in [6, 6.07) is 6.64. The number of nitrogens with one attached hydrogen (secondary N) is 2. The molecule has 2 N–H and O–H groups in total. The number of halogens is 1. The molecule has 1 aromatic carbocycles. The summed E-state index contributed by atoms with van der Waals surface area (Å²) in [7, 11) is 0. The third kappa shape index (κ3) is 4.50. The molecule has 3 unspecified atom stereocenters. The molecule has 0 saturated heterocycles. The Morgan fingerprint density at radius 3 is 2.77 bits per heavy atom. The fraction of sp³-hybridized carbons (Fsp3) is 0.348. The maximum atomic E-state index is 13.4. The summed E-state index contributed by atoms with van der Waals surface area (Å²) in [6.45, 7) is 4.80. The van der Waals surface area contributed by atoms with Crippen molar-refractivity contribution in [2.24, 2.45) is 15.9 Å². The van der Waals surface area contributed by atoms with Crippen LogP contribution in [-0.2, 0) is 0 Å². The van der Waals surface area contributed by atoms with Crippen molar-refractivity contribution in [2.75, 3.05) is 11.9 Å². The molecule has 1 aliphatic heterocycles. The molecule has 2 heterocycles. The van der Waals surface area contributed by atoms with Gasteiger partial charge in [0.25, 0.3) is 6.01 Å². The van der Waals surface area contributed by atoms with E-state index in [1.54, 1.807) is 12.1 Å². The van der Waals surface area contributed by atoms with Gasteiger partial charge in [0.05, 0.1) is 0 Å². The zero-order valence-electron chi connectivity index (χ0n) is 17.2. The summed E-state index contributed by atoms with van der Waals surface area (Å²) in [5.41, 5.74) is 1.46. The smallest absolute Gasteiger partial charge is 0.295 e. The molecule has 156 valence electrons. The van der Waals surface area contributed by atoms with E-state index < -0.39 is 0 Å². The molecule has 0 fully saturated rings. The van der Waals surface area contributed by atoms with E-state index in [0.29, 0.717) is 42.3 Å². The van der Waals surface area contributed by atoms with Crippen LogP contribution in [0.5, 0.6) is 0 Å². The highest BCUT2D eigenvalue weighted by atomic mass is 19.1. The van der Waals surface area contributed by atoms with E-state index in [1.165, 1.54) is 12.1 Å². The van der Waals surface area contributed by atoms with Crippen LogP contribution in [0, 0.1) is 11.7 Å². The third-order valence-electron chi connectivity index (χ3n) is 5.23. The Morgan fingerprint density at radius 2 is 2.03 bits per heavy atom. The maximum Gasteiger partial charge on any atom is 0.295 e. The molecule has 1 aliphatic carbocycles. The molecule has 0 radical (unpaired) electrons. The molecule has 0 spiro atoms. The lowest BCUT2D eigenvalue weighted by Crippen LogP contribution is -2.38. The average Bonchev–Trinajstić information content (AvgIpc) is 3.19. The van der Waals surface area contributed by atoms with Crippen molar-refractivity contribution in [1.29, 1.82) is 0 Å². The van der Waals surface area contributed by atoms with Crippen LogP contribution in [0.25, 0.3) is 11.3 Å². The quantitative estimate of drug-likeness (QED) is 0.715. The van der Waals surface area contributed by atoms with Crippen LogP contribution in [-0.4, -0.2) is 29.7 Å². The number of rotatable bonds is 6. The summed E-state index contributed by atoms with van der Waals surface area (Å²) in [4.78, 5) is 13.8. The van der Waals surface area contributed by atoms with Crippen LogP contribution in [0.4, 0.5) is 10.4 Å². The molecule has 7 heteroatoms. The van der Waals surface area contributed by atoms with Gasteiger partial charge in [-0.25, -0.2) is 14.4 Å². The first kappa shape index (κ1) is 20.1. The van der Waals surface area contributed by atoms with E-state index in [1.807, 2.05) is 13.1 Å². The summed E-state index contributed by atoms with van der Waals surface area (Å²) in [6.07, 6.45) is 12.0. The number of oxazole rings is 1. The van der Waals surface area contributed by atoms with Gasteiger partial charge in [0, 0.05) is 36.7 Å². The van der Waals surface area contributed by atoms with Crippen LogP contribution in [0.1, 0.15) is 38.5 Å². The lowest BCUT2D eigenvalue weighted by molar-refractivity contribution is 0.471. The van der Waals surface area contributed by atoms with Crippen LogP contribution in [0.15, 0.2) is 63.0 Å². The zero-order chi connectivity index (χ0) is 20.9. The first-order valence-corrected chi connectivity index (χ1v) is 10.3. The van der Waals surface area contributed by atoms with Gasteiger partial charge in [-0.15, -0.1) is 0 Å². The molecule has 3 atom stereocenters. The van der Waals surface area contributed by atoms with Crippen molar-refractivity contribution in [3.8, 4) is 11.3 Å². The van der Waals surface area contributed by atoms with Gasteiger partial charge in [-0.1, -0.05) is 24.3 Å². The fourth-order valence-electron chi connectivity index (χ4n) is 3.59. The number of aliphatic imine (C=N–C) groups is 2. The first-order chi connectivity index (χ1) is 14.6. The predicted octanol–water partition coefficient (Wildman–Crippen LogP) is 4.89. The molecule has 0 bridgehead atoms. The monoisotopic (exact) mass is 407 g/mol. The van der Waals surface area contributed by atoms with Crippen LogP contribution in [0.2, 0.25) is 0 Å². The van der Waals surface area contributed by atoms with Gasteiger partial charge >= 0.3 is 0 Å². The summed E-state index contributed by atoms with van der Waals surface area (Å²) >= 11 is 0. The molecular formula is C23H26FN5O. The standard InChI is InChI=1S/C23H26FN5O/c1-3-25-23-29-20(17-9-11-18(24)12-10-17)21(30-23)19-13-14-26-22(28-19)27-15(2)16-7-5-4-6-8-16/h4-7,9-12,14-16,19H,3,8,13H2,1-2H3,(H,25,29)(H,27,28). The molecule has 2 aliphatic rings. The van der Waals surface area contributed by atoms with Gasteiger partial charge in [-0.05, 0) is 44.5 Å². The lowest BCUT2D eigenvalue weighted by Gasteiger charge is -2.24. The summed E-state index contributed by atoms with van der Waals surface area (Å²) in [5.74, 6) is 1.35. The number of anilines is 1. The zero-order valence-corrected chi connectivity index (χ0v) is 17.2. The minimum atomic E-state index is -0.286. The Bertz CT molecular complexity index is 990. The number of aromatic nitrogens is 1. The van der Waals surface area contributed by atoms with E-state index in [0.717, 1.165) is 12.0 Å². The molecule has 0 saturated carbocycles. The van der Waals surface area contributed by atoms with E-state index in [-0.39, 0.29) is 17.9 Å².